The SMILES string of the molecule is CCCCCN1c2ccccc2CCc2ccccc21. The van der Waals surface area contributed by atoms with E-state index in [0.29, 0.717) is 0 Å². The second-order valence-corrected chi connectivity index (χ2v) is 5.62. The maximum Gasteiger partial charge on any atom is 0.0443 e. The first kappa shape index (κ1) is 13.2. The first-order valence-electron chi connectivity index (χ1n) is 7.83. The predicted molar refractivity (Wildman–Crippen MR) is 86.8 cm³/mol. The van der Waals surface area contributed by atoms with Gasteiger partial charge < -0.3 is 4.90 Å². The van der Waals surface area contributed by atoms with Gasteiger partial charge in [-0.25, -0.2) is 0 Å². The summed E-state index contributed by atoms with van der Waals surface area (Å²) < 4.78 is 0. The van der Waals surface area contributed by atoms with Crippen LogP contribution in [-0.4, -0.2) is 6.54 Å². The van der Waals surface area contributed by atoms with E-state index >= 15 is 0 Å². The Balaban J connectivity index is 2.00. The van der Waals surface area contributed by atoms with Crippen LogP contribution < -0.4 is 4.90 Å². The largest absolute Gasteiger partial charge is 0.341 e. The molecule has 0 amide bonds. The van der Waals surface area contributed by atoms with Crippen molar-refractivity contribution in [3.05, 3.63) is 59.7 Å². The first-order chi connectivity index (χ1) is 9.90. The third-order valence-corrected chi connectivity index (χ3v) is 4.21. The van der Waals surface area contributed by atoms with Gasteiger partial charge in [0.25, 0.3) is 0 Å². The van der Waals surface area contributed by atoms with Crippen LogP contribution in [-0.2, 0) is 12.8 Å². The minimum atomic E-state index is 1.13. The fourth-order valence-corrected chi connectivity index (χ4v) is 3.13. The average Bonchev–Trinajstić information content (AvgIpc) is 2.66. The lowest BCUT2D eigenvalue weighted by molar-refractivity contribution is 0.716. The first-order valence-corrected chi connectivity index (χ1v) is 7.83. The van der Waals surface area contributed by atoms with Crippen molar-refractivity contribution in [2.75, 3.05) is 11.4 Å². The molecule has 3 rings (SSSR count). The minimum Gasteiger partial charge on any atom is -0.341 e. The van der Waals surface area contributed by atoms with E-state index in [-0.39, 0.29) is 0 Å². The third kappa shape index (κ3) is 2.58. The van der Waals surface area contributed by atoms with E-state index in [2.05, 4.69) is 60.4 Å². The summed E-state index contributed by atoms with van der Waals surface area (Å²) >= 11 is 0. The van der Waals surface area contributed by atoms with Gasteiger partial charge in [0.2, 0.25) is 0 Å². The highest BCUT2D eigenvalue weighted by Crippen LogP contribution is 2.35. The molecule has 1 aliphatic heterocycles. The van der Waals surface area contributed by atoms with Gasteiger partial charge in [-0.3, -0.25) is 0 Å². The van der Waals surface area contributed by atoms with Crippen LogP contribution in [0.2, 0.25) is 0 Å². The van der Waals surface area contributed by atoms with Crippen molar-refractivity contribution in [2.24, 2.45) is 0 Å². The van der Waals surface area contributed by atoms with Crippen LogP contribution >= 0.6 is 0 Å². The number of fused-ring (bicyclic) bond motifs is 2. The number of benzene rings is 2. The van der Waals surface area contributed by atoms with Crippen molar-refractivity contribution in [3.63, 3.8) is 0 Å². The zero-order valence-corrected chi connectivity index (χ0v) is 12.3. The molecule has 0 aromatic heterocycles. The highest BCUT2D eigenvalue weighted by atomic mass is 15.1. The fourth-order valence-electron chi connectivity index (χ4n) is 3.13. The van der Waals surface area contributed by atoms with Crippen molar-refractivity contribution >= 4 is 11.4 Å². The summed E-state index contributed by atoms with van der Waals surface area (Å²) in [5.74, 6) is 0. The summed E-state index contributed by atoms with van der Waals surface area (Å²) in [6.07, 6.45) is 6.14. The Hall–Kier alpha value is -1.76. The van der Waals surface area contributed by atoms with Crippen molar-refractivity contribution in [1.82, 2.24) is 0 Å². The Morgan fingerprint density at radius 2 is 1.35 bits per heavy atom. The molecule has 1 heteroatoms. The average molecular weight is 265 g/mol. The van der Waals surface area contributed by atoms with Crippen LogP contribution in [0, 0.1) is 0 Å². The molecule has 1 aliphatic rings. The topological polar surface area (TPSA) is 3.24 Å². The Morgan fingerprint density at radius 3 is 1.90 bits per heavy atom. The van der Waals surface area contributed by atoms with E-state index in [1.54, 1.807) is 0 Å². The zero-order valence-electron chi connectivity index (χ0n) is 12.3. The maximum atomic E-state index is 2.54. The number of anilines is 2. The molecule has 0 fully saturated rings. The summed E-state index contributed by atoms with van der Waals surface area (Å²) in [7, 11) is 0. The molecule has 0 saturated carbocycles. The number of unbranched alkanes of at least 4 members (excludes halogenated alkanes) is 2. The normalized spacial score (nSPS) is 13.6. The van der Waals surface area contributed by atoms with Crippen LogP contribution in [0.4, 0.5) is 11.4 Å². The molecule has 1 heterocycles. The molecule has 2 aromatic carbocycles. The van der Waals surface area contributed by atoms with E-state index in [9.17, 15) is 0 Å². The number of aryl methyl sites for hydroxylation is 2. The molecule has 0 saturated heterocycles. The van der Waals surface area contributed by atoms with Gasteiger partial charge in [-0.2, -0.15) is 0 Å². The summed E-state index contributed by atoms with van der Waals surface area (Å²) in [6.45, 7) is 3.40. The molecule has 0 atom stereocenters. The highest BCUT2D eigenvalue weighted by molar-refractivity contribution is 5.71. The van der Waals surface area contributed by atoms with Crippen LogP contribution in [0.15, 0.2) is 48.5 Å². The Kier molecular flexibility index (Phi) is 4.05. The summed E-state index contributed by atoms with van der Waals surface area (Å²) in [4.78, 5) is 2.54. The summed E-state index contributed by atoms with van der Waals surface area (Å²) in [5.41, 5.74) is 5.79. The number of hydrogen-bond donors (Lipinski definition) is 0. The van der Waals surface area contributed by atoms with Gasteiger partial charge in [-0.15, -0.1) is 0 Å². The van der Waals surface area contributed by atoms with Gasteiger partial charge in [0.1, 0.15) is 0 Å². The zero-order chi connectivity index (χ0) is 13.8. The van der Waals surface area contributed by atoms with Gasteiger partial charge >= 0.3 is 0 Å². The van der Waals surface area contributed by atoms with E-state index in [4.69, 9.17) is 0 Å². The van der Waals surface area contributed by atoms with Crippen molar-refractivity contribution in [2.45, 2.75) is 39.0 Å². The van der Waals surface area contributed by atoms with Crippen molar-refractivity contribution < 1.29 is 0 Å². The van der Waals surface area contributed by atoms with Crippen LogP contribution in [0.1, 0.15) is 37.3 Å². The number of hydrogen-bond acceptors (Lipinski definition) is 1. The smallest absolute Gasteiger partial charge is 0.0443 e. The lowest BCUT2D eigenvalue weighted by atomic mass is 10.0. The molecule has 104 valence electrons. The molecule has 0 unspecified atom stereocenters. The van der Waals surface area contributed by atoms with Gasteiger partial charge in [-0.1, -0.05) is 56.2 Å². The standard InChI is InChI=1S/C19H23N/c1-2-3-8-15-20-18-11-6-4-9-16(18)13-14-17-10-5-7-12-19(17)20/h4-7,9-12H,2-3,8,13-15H2,1H3. The van der Waals surface area contributed by atoms with E-state index in [1.165, 1.54) is 41.8 Å². The van der Waals surface area contributed by atoms with Crippen LogP contribution in [0.5, 0.6) is 0 Å². The van der Waals surface area contributed by atoms with E-state index < -0.39 is 0 Å². The minimum absolute atomic E-state index is 1.13. The van der Waals surface area contributed by atoms with Gasteiger partial charge in [0.15, 0.2) is 0 Å². The Bertz CT molecular complexity index is 526. The summed E-state index contributed by atoms with van der Waals surface area (Å²) in [6, 6.07) is 17.8. The molecular formula is C19H23N. The predicted octanol–water partition coefficient (Wildman–Crippen LogP) is 5.11. The van der Waals surface area contributed by atoms with Gasteiger partial charge in [0, 0.05) is 17.9 Å². The molecular weight excluding hydrogens is 242 g/mol. The lowest BCUT2D eigenvalue weighted by Gasteiger charge is -2.27. The van der Waals surface area contributed by atoms with Crippen molar-refractivity contribution in [1.29, 1.82) is 0 Å². The second kappa shape index (κ2) is 6.13. The van der Waals surface area contributed by atoms with E-state index in [1.807, 2.05) is 0 Å². The Morgan fingerprint density at radius 1 is 0.800 bits per heavy atom. The fraction of sp³-hybridized carbons (Fsp3) is 0.368. The van der Waals surface area contributed by atoms with Crippen LogP contribution in [0.3, 0.4) is 0 Å². The van der Waals surface area contributed by atoms with Gasteiger partial charge in [-0.05, 0) is 42.5 Å². The maximum absolute atomic E-state index is 2.54. The summed E-state index contributed by atoms with van der Waals surface area (Å²) in [5, 5.41) is 0. The number of nitrogens with zero attached hydrogens (tertiary/aromatic N) is 1. The molecule has 2 aromatic rings. The molecule has 0 aliphatic carbocycles. The quantitative estimate of drug-likeness (QED) is 0.694. The molecule has 0 radical (unpaired) electrons. The highest BCUT2D eigenvalue weighted by Gasteiger charge is 2.19. The van der Waals surface area contributed by atoms with Crippen molar-refractivity contribution in [3.8, 4) is 0 Å². The lowest BCUT2D eigenvalue weighted by Crippen LogP contribution is -2.19. The number of para-hydroxylation sites is 2. The molecule has 0 N–H and O–H groups in total. The van der Waals surface area contributed by atoms with E-state index in [0.717, 1.165) is 19.4 Å². The molecule has 1 nitrogen and oxygen atoms in total. The monoisotopic (exact) mass is 265 g/mol. The molecule has 0 spiro atoms. The number of rotatable bonds is 4. The van der Waals surface area contributed by atoms with Gasteiger partial charge in [0.05, 0.1) is 0 Å². The second-order valence-electron chi connectivity index (χ2n) is 5.62. The molecule has 20 heavy (non-hydrogen) atoms. The van der Waals surface area contributed by atoms with Crippen LogP contribution in [0.25, 0.3) is 0 Å². The molecule has 0 bridgehead atoms. The Labute approximate surface area is 122 Å². The third-order valence-electron chi connectivity index (χ3n) is 4.21.